The van der Waals surface area contributed by atoms with Gasteiger partial charge in [-0.15, -0.1) is 0 Å². The maximum atomic E-state index is 11.9. The van der Waals surface area contributed by atoms with Crippen LogP contribution in [-0.2, 0) is 4.79 Å². The Balaban J connectivity index is 1.83. The summed E-state index contributed by atoms with van der Waals surface area (Å²) in [6.07, 6.45) is 2.73. The Morgan fingerprint density at radius 1 is 1.43 bits per heavy atom. The first-order valence-corrected chi connectivity index (χ1v) is 7.50. The van der Waals surface area contributed by atoms with Crippen LogP contribution >= 0.6 is 0 Å². The van der Waals surface area contributed by atoms with E-state index in [0.29, 0.717) is 18.7 Å². The number of nitrogens with zero attached hydrogens (tertiary/aromatic N) is 1. The molecule has 1 unspecified atom stereocenters. The highest BCUT2D eigenvalue weighted by Gasteiger charge is 2.18. The minimum absolute atomic E-state index is 0.0357. The number of carbonyl (C=O) groups excluding carboxylic acids is 1. The van der Waals surface area contributed by atoms with E-state index in [0.717, 1.165) is 31.5 Å². The fourth-order valence-electron chi connectivity index (χ4n) is 2.64. The molecule has 5 nitrogen and oxygen atoms in total. The third-order valence-corrected chi connectivity index (χ3v) is 3.95. The van der Waals surface area contributed by atoms with Crippen molar-refractivity contribution in [2.24, 2.45) is 0 Å². The predicted molar refractivity (Wildman–Crippen MR) is 81.5 cm³/mol. The van der Waals surface area contributed by atoms with E-state index < -0.39 is 0 Å². The molecule has 1 fully saturated rings. The highest BCUT2D eigenvalue weighted by Crippen LogP contribution is 2.28. The number of carbonyl (C=O) groups is 1. The number of likely N-dealkylation sites (tertiary alicyclic amines) is 1. The van der Waals surface area contributed by atoms with Crippen molar-refractivity contribution in [3.63, 3.8) is 0 Å². The molecule has 1 aliphatic heterocycles. The Morgan fingerprint density at radius 2 is 2.14 bits per heavy atom. The van der Waals surface area contributed by atoms with Crippen molar-refractivity contribution < 1.29 is 14.6 Å². The van der Waals surface area contributed by atoms with E-state index in [4.69, 9.17) is 4.74 Å². The third-order valence-electron chi connectivity index (χ3n) is 3.95. The molecule has 1 saturated heterocycles. The zero-order valence-electron chi connectivity index (χ0n) is 12.8. The number of amides is 1. The van der Waals surface area contributed by atoms with Gasteiger partial charge in [0, 0.05) is 37.7 Å². The molecular weight excluding hydrogens is 268 g/mol. The van der Waals surface area contributed by atoms with Gasteiger partial charge in [-0.05, 0) is 38.0 Å². The average Bonchev–Trinajstić information content (AvgIpc) is 3.01. The molecule has 1 atom stereocenters. The molecule has 1 aromatic carbocycles. The summed E-state index contributed by atoms with van der Waals surface area (Å²) in [7, 11) is 1.60. The second-order valence-electron chi connectivity index (χ2n) is 5.44. The summed E-state index contributed by atoms with van der Waals surface area (Å²) in [6, 6.07) is 5.13. The molecule has 5 heteroatoms. The van der Waals surface area contributed by atoms with Crippen molar-refractivity contribution in [3.05, 3.63) is 23.8 Å². The number of nitrogens with one attached hydrogen (secondary N) is 1. The van der Waals surface area contributed by atoms with Crippen LogP contribution in [0.1, 0.15) is 37.8 Å². The van der Waals surface area contributed by atoms with E-state index in [1.165, 1.54) is 0 Å². The predicted octanol–water partition coefficient (Wildman–Crippen LogP) is 2.06. The minimum atomic E-state index is -0.0357. The van der Waals surface area contributed by atoms with Gasteiger partial charge in [0.15, 0.2) is 0 Å². The van der Waals surface area contributed by atoms with Crippen molar-refractivity contribution in [2.45, 2.75) is 32.2 Å². The zero-order valence-corrected chi connectivity index (χ0v) is 12.8. The van der Waals surface area contributed by atoms with Gasteiger partial charge in [-0.2, -0.15) is 0 Å². The molecule has 1 aliphatic rings. The molecular formula is C16H24N2O3. The molecule has 0 bridgehead atoms. The summed E-state index contributed by atoms with van der Waals surface area (Å²) in [6.45, 7) is 4.36. The van der Waals surface area contributed by atoms with Crippen LogP contribution in [0.25, 0.3) is 0 Å². The van der Waals surface area contributed by atoms with Gasteiger partial charge in [-0.3, -0.25) is 4.79 Å². The maximum absolute atomic E-state index is 11.9. The topological polar surface area (TPSA) is 61.8 Å². The molecule has 1 aromatic rings. The quantitative estimate of drug-likeness (QED) is 0.842. The van der Waals surface area contributed by atoms with Crippen LogP contribution in [0.3, 0.4) is 0 Å². The second-order valence-corrected chi connectivity index (χ2v) is 5.44. The molecule has 2 N–H and O–H groups in total. The largest absolute Gasteiger partial charge is 0.508 e. The van der Waals surface area contributed by atoms with Gasteiger partial charge in [0.05, 0.1) is 7.11 Å². The van der Waals surface area contributed by atoms with Crippen LogP contribution in [0.2, 0.25) is 0 Å². The molecule has 0 radical (unpaired) electrons. The van der Waals surface area contributed by atoms with Crippen LogP contribution in [0.15, 0.2) is 18.2 Å². The fraction of sp³-hybridized carbons (Fsp3) is 0.562. The molecule has 1 heterocycles. The van der Waals surface area contributed by atoms with Gasteiger partial charge in [-0.1, -0.05) is 0 Å². The number of aromatic hydroxyl groups is 1. The molecule has 0 aliphatic carbocycles. The summed E-state index contributed by atoms with van der Waals surface area (Å²) in [5, 5.41) is 13.2. The van der Waals surface area contributed by atoms with Crippen LogP contribution in [0, 0.1) is 0 Å². The highest BCUT2D eigenvalue weighted by molar-refractivity contribution is 5.76. The van der Waals surface area contributed by atoms with Crippen molar-refractivity contribution in [1.82, 2.24) is 10.2 Å². The highest BCUT2D eigenvalue weighted by atomic mass is 16.5. The number of hydrogen-bond donors (Lipinski definition) is 2. The lowest BCUT2D eigenvalue weighted by Gasteiger charge is -2.18. The average molecular weight is 292 g/mol. The van der Waals surface area contributed by atoms with Crippen molar-refractivity contribution >= 4 is 5.91 Å². The van der Waals surface area contributed by atoms with E-state index in [2.05, 4.69) is 5.32 Å². The summed E-state index contributed by atoms with van der Waals surface area (Å²) in [4.78, 5) is 13.9. The first-order chi connectivity index (χ1) is 10.1. The summed E-state index contributed by atoms with van der Waals surface area (Å²) < 4.78 is 5.17. The number of hydrogen-bond acceptors (Lipinski definition) is 4. The van der Waals surface area contributed by atoms with Crippen LogP contribution in [-0.4, -0.2) is 42.7 Å². The standard InChI is InChI=1S/C16H24N2O3/c1-12(14-11-13(21-2)5-6-15(14)19)17-8-7-16(20)18-9-3-4-10-18/h5-6,11-12,17,19H,3-4,7-10H2,1-2H3. The van der Waals surface area contributed by atoms with Gasteiger partial charge in [0.1, 0.15) is 11.5 Å². The van der Waals surface area contributed by atoms with E-state index in [1.54, 1.807) is 19.2 Å². The second kappa shape index (κ2) is 7.31. The molecule has 116 valence electrons. The smallest absolute Gasteiger partial charge is 0.223 e. The Bertz CT molecular complexity index is 484. The third kappa shape index (κ3) is 4.11. The van der Waals surface area contributed by atoms with Gasteiger partial charge in [0.25, 0.3) is 0 Å². The Hall–Kier alpha value is -1.75. The lowest BCUT2D eigenvalue weighted by Crippen LogP contribution is -2.31. The number of phenolic OH excluding ortho intramolecular Hbond substituents is 1. The van der Waals surface area contributed by atoms with Crippen LogP contribution in [0.4, 0.5) is 0 Å². The van der Waals surface area contributed by atoms with Crippen LogP contribution < -0.4 is 10.1 Å². The first-order valence-electron chi connectivity index (χ1n) is 7.50. The van der Waals surface area contributed by atoms with Gasteiger partial charge in [0.2, 0.25) is 5.91 Å². The summed E-state index contributed by atoms with van der Waals surface area (Å²) >= 11 is 0. The number of ether oxygens (including phenoxy) is 1. The monoisotopic (exact) mass is 292 g/mol. The van der Waals surface area contributed by atoms with E-state index in [1.807, 2.05) is 17.9 Å². The number of methoxy groups -OCH3 is 1. The molecule has 1 amide bonds. The van der Waals surface area contributed by atoms with Gasteiger partial charge in [-0.25, -0.2) is 0 Å². The number of benzene rings is 1. The number of phenols is 1. The van der Waals surface area contributed by atoms with Gasteiger partial charge < -0.3 is 20.1 Å². The van der Waals surface area contributed by atoms with Gasteiger partial charge >= 0.3 is 0 Å². The Kier molecular flexibility index (Phi) is 5.44. The van der Waals surface area contributed by atoms with E-state index in [9.17, 15) is 9.90 Å². The lowest BCUT2D eigenvalue weighted by atomic mass is 10.1. The minimum Gasteiger partial charge on any atom is -0.508 e. The molecule has 0 spiro atoms. The van der Waals surface area contributed by atoms with E-state index >= 15 is 0 Å². The lowest BCUT2D eigenvalue weighted by molar-refractivity contribution is -0.130. The zero-order chi connectivity index (χ0) is 15.2. The summed E-state index contributed by atoms with van der Waals surface area (Å²) in [5.74, 6) is 1.16. The van der Waals surface area contributed by atoms with E-state index in [-0.39, 0.29) is 17.7 Å². The van der Waals surface area contributed by atoms with Crippen molar-refractivity contribution in [1.29, 1.82) is 0 Å². The first kappa shape index (κ1) is 15.6. The fourth-order valence-corrected chi connectivity index (χ4v) is 2.64. The normalized spacial score (nSPS) is 16.0. The maximum Gasteiger partial charge on any atom is 0.223 e. The van der Waals surface area contributed by atoms with Crippen LogP contribution in [0.5, 0.6) is 11.5 Å². The SMILES string of the molecule is COc1ccc(O)c(C(C)NCCC(=O)N2CCCC2)c1. The molecule has 21 heavy (non-hydrogen) atoms. The van der Waals surface area contributed by atoms with Crippen molar-refractivity contribution in [3.8, 4) is 11.5 Å². The summed E-state index contributed by atoms with van der Waals surface area (Å²) in [5.41, 5.74) is 0.781. The number of rotatable bonds is 6. The molecule has 0 saturated carbocycles. The Labute approximate surface area is 125 Å². The van der Waals surface area contributed by atoms with Crippen molar-refractivity contribution in [2.75, 3.05) is 26.7 Å². The molecule has 2 rings (SSSR count). The molecule has 0 aromatic heterocycles. The Morgan fingerprint density at radius 3 is 2.81 bits per heavy atom.